The molecule has 1 aromatic rings. The molecule has 0 spiro atoms. The molecular weight excluding hydrogens is 222 g/mol. The number of hydrogen-bond donors (Lipinski definition) is 0. The van der Waals surface area contributed by atoms with Crippen molar-refractivity contribution in [1.29, 1.82) is 0 Å². The summed E-state index contributed by atoms with van der Waals surface area (Å²) in [6, 6.07) is 10.4. The summed E-state index contributed by atoms with van der Waals surface area (Å²) >= 11 is 3.70. The highest BCUT2D eigenvalue weighted by Gasteiger charge is 2.05. The van der Waals surface area contributed by atoms with Crippen molar-refractivity contribution in [2.45, 2.75) is 0 Å². The normalized spacial score (nSPS) is 15.9. The van der Waals surface area contributed by atoms with Gasteiger partial charge in [0.15, 0.2) is 0 Å². The second kappa shape index (κ2) is 6.03. The van der Waals surface area contributed by atoms with Crippen molar-refractivity contribution in [3.05, 3.63) is 42.0 Å². The molecule has 0 aliphatic carbocycles. The van der Waals surface area contributed by atoms with Crippen molar-refractivity contribution in [2.75, 3.05) is 18.1 Å². The quantitative estimate of drug-likeness (QED) is 0.794. The molecule has 0 saturated heterocycles. The van der Waals surface area contributed by atoms with Gasteiger partial charge in [-0.2, -0.15) is 0 Å². The molecule has 15 heavy (non-hydrogen) atoms. The van der Waals surface area contributed by atoms with Crippen LogP contribution >= 0.6 is 23.5 Å². The van der Waals surface area contributed by atoms with Gasteiger partial charge in [-0.3, -0.25) is 4.99 Å². The van der Waals surface area contributed by atoms with Crippen molar-refractivity contribution in [1.82, 2.24) is 0 Å². The number of rotatable bonds is 3. The molecule has 0 radical (unpaired) electrons. The van der Waals surface area contributed by atoms with Crippen LogP contribution in [0.1, 0.15) is 5.56 Å². The molecule has 0 fully saturated rings. The number of thioether (sulfide) groups is 2. The van der Waals surface area contributed by atoms with E-state index in [1.165, 1.54) is 9.94 Å². The summed E-state index contributed by atoms with van der Waals surface area (Å²) < 4.78 is 1.24. The smallest absolute Gasteiger partial charge is 0.124 e. The fraction of sp³-hybridized carbons (Fsp3) is 0.250. The molecule has 0 unspecified atom stereocenters. The molecule has 0 saturated carbocycles. The van der Waals surface area contributed by atoms with Crippen LogP contribution < -0.4 is 0 Å². The Morgan fingerprint density at radius 3 is 2.93 bits per heavy atom. The summed E-state index contributed by atoms with van der Waals surface area (Å²) in [6.07, 6.45) is 4.36. The molecule has 2 rings (SSSR count). The van der Waals surface area contributed by atoms with Gasteiger partial charge in [-0.15, -0.1) is 0 Å². The third-order valence-corrected chi connectivity index (χ3v) is 4.18. The molecule has 1 aliphatic heterocycles. The Labute approximate surface area is 99.1 Å². The molecule has 0 aromatic heterocycles. The molecule has 78 valence electrons. The second-order valence-electron chi connectivity index (χ2n) is 3.12. The maximum Gasteiger partial charge on any atom is 0.124 e. The third-order valence-electron chi connectivity index (χ3n) is 1.97. The van der Waals surface area contributed by atoms with Crippen LogP contribution in [-0.4, -0.2) is 22.4 Å². The molecule has 1 heterocycles. The van der Waals surface area contributed by atoms with Gasteiger partial charge in [0, 0.05) is 11.5 Å². The lowest BCUT2D eigenvalue weighted by Crippen LogP contribution is -1.80. The van der Waals surface area contributed by atoms with Crippen LogP contribution in [0.4, 0.5) is 0 Å². The summed E-state index contributed by atoms with van der Waals surface area (Å²) in [4.78, 5) is 4.39. The minimum atomic E-state index is 0.995. The lowest BCUT2D eigenvalue weighted by Gasteiger charge is -1.94. The van der Waals surface area contributed by atoms with Crippen LogP contribution in [0, 0.1) is 0 Å². The van der Waals surface area contributed by atoms with Gasteiger partial charge >= 0.3 is 0 Å². The second-order valence-corrected chi connectivity index (χ2v) is 5.47. The molecular formula is C12H13NS2. The van der Waals surface area contributed by atoms with E-state index in [-0.39, 0.29) is 0 Å². The van der Waals surface area contributed by atoms with Crippen molar-refractivity contribution < 1.29 is 0 Å². The first kappa shape index (κ1) is 10.8. The zero-order chi connectivity index (χ0) is 10.3. The van der Waals surface area contributed by atoms with Gasteiger partial charge in [-0.05, 0) is 5.56 Å². The fourth-order valence-corrected chi connectivity index (χ4v) is 3.12. The Balaban J connectivity index is 1.76. The number of benzene rings is 1. The molecule has 0 amide bonds. The first-order valence-electron chi connectivity index (χ1n) is 4.97. The van der Waals surface area contributed by atoms with Crippen molar-refractivity contribution in [3.8, 4) is 0 Å². The van der Waals surface area contributed by atoms with E-state index in [4.69, 9.17) is 0 Å². The first-order valence-corrected chi connectivity index (χ1v) is 6.94. The zero-order valence-electron chi connectivity index (χ0n) is 8.43. The van der Waals surface area contributed by atoms with Crippen molar-refractivity contribution in [3.63, 3.8) is 0 Å². The van der Waals surface area contributed by atoms with Crippen LogP contribution in [0.2, 0.25) is 0 Å². The summed E-state index contributed by atoms with van der Waals surface area (Å²) in [7, 11) is 0. The first-order chi connectivity index (χ1) is 7.45. The molecule has 1 aliphatic rings. The minimum absolute atomic E-state index is 0.995. The van der Waals surface area contributed by atoms with E-state index in [1.807, 2.05) is 29.6 Å². The van der Waals surface area contributed by atoms with E-state index in [0.717, 1.165) is 18.1 Å². The van der Waals surface area contributed by atoms with E-state index < -0.39 is 0 Å². The molecule has 0 N–H and O–H groups in total. The van der Waals surface area contributed by atoms with E-state index in [1.54, 1.807) is 0 Å². The summed E-state index contributed by atoms with van der Waals surface area (Å²) in [6.45, 7) is 0.995. The average molecular weight is 235 g/mol. The zero-order valence-corrected chi connectivity index (χ0v) is 10.1. The van der Waals surface area contributed by atoms with Crippen molar-refractivity contribution in [2.24, 2.45) is 4.99 Å². The predicted octanol–water partition coefficient (Wildman–Crippen LogP) is 3.54. The maximum absolute atomic E-state index is 4.39. The highest BCUT2D eigenvalue weighted by molar-refractivity contribution is 8.39. The van der Waals surface area contributed by atoms with Crippen LogP contribution in [-0.2, 0) is 0 Å². The highest BCUT2D eigenvalue weighted by atomic mass is 32.2. The van der Waals surface area contributed by atoms with Crippen LogP contribution in [0.5, 0.6) is 0 Å². The van der Waals surface area contributed by atoms with Crippen LogP contribution in [0.3, 0.4) is 0 Å². The van der Waals surface area contributed by atoms with Gasteiger partial charge in [0.1, 0.15) is 4.38 Å². The van der Waals surface area contributed by atoms with E-state index in [2.05, 4.69) is 41.4 Å². The number of hydrogen-bond acceptors (Lipinski definition) is 3. The van der Waals surface area contributed by atoms with Gasteiger partial charge in [-0.25, -0.2) is 0 Å². The van der Waals surface area contributed by atoms with Crippen LogP contribution in [0.25, 0.3) is 6.08 Å². The SMILES string of the molecule is C(=Cc1ccccc1)CSC1=NCCS1. The Morgan fingerprint density at radius 2 is 2.20 bits per heavy atom. The largest absolute Gasteiger partial charge is 0.271 e. The Bertz CT molecular complexity index is 357. The van der Waals surface area contributed by atoms with E-state index >= 15 is 0 Å². The molecule has 1 aromatic carbocycles. The summed E-state index contributed by atoms with van der Waals surface area (Å²) in [5.41, 5.74) is 1.26. The van der Waals surface area contributed by atoms with Gasteiger partial charge in [-0.1, -0.05) is 66.0 Å². The fourth-order valence-electron chi connectivity index (χ4n) is 1.27. The summed E-state index contributed by atoms with van der Waals surface area (Å²) in [5, 5.41) is 0. The Kier molecular flexibility index (Phi) is 4.36. The molecule has 0 bridgehead atoms. The van der Waals surface area contributed by atoms with Gasteiger partial charge in [0.25, 0.3) is 0 Å². The Morgan fingerprint density at radius 1 is 1.33 bits per heavy atom. The Hall–Kier alpha value is -0.670. The lowest BCUT2D eigenvalue weighted by atomic mass is 10.2. The summed E-state index contributed by atoms with van der Waals surface area (Å²) in [5.74, 6) is 2.17. The lowest BCUT2D eigenvalue weighted by molar-refractivity contribution is 1.18. The standard InChI is InChI=1S/C12H13NS2/c1-2-5-11(6-3-1)7-4-9-14-12-13-8-10-15-12/h1-7H,8-10H2. The van der Waals surface area contributed by atoms with Gasteiger partial charge in [0.05, 0.1) is 6.54 Å². The molecule has 0 atom stereocenters. The molecule has 3 heteroatoms. The number of nitrogens with zero attached hydrogens (tertiary/aromatic N) is 1. The highest BCUT2D eigenvalue weighted by Crippen LogP contribution is 2.22. The third kappa shape index (κ3) is 3.76. The van der Waals surface area contributed by atoms with E-state index in [9.17, 15) is 0 Å². The van der Waals surface area contributed by atoms with Gasteiger partial charge in [0.2, 0.25) is 0 Å². The average Bonchev–Trinajstić information content (AvgIpc) is 2.79. The maximum atomic E-state index is 4.39. The number of aliphatic imine (C=N–C) groups is 1. The van der Waals surface area contributed by atoms with E-state index in [0.29, 0.717) is 0 Å². The monoisotopic (exact) mass is 235 g/mol. The van der Waals surface area contributed by atoms with Gasteiger partial charge < -0.3 is 0 Å². The van der Waals surface area contributed by atoms with Crippen molar-refractivity contribution >= 4 is 34.0 Å². The molecule has 1 nitrogen and oxygen atoms in total. The van der Waals surface area contributed by atoms with Crippen LogP contribution in [0.15, 0.2) is 41.4 Å². The predicted molar refractivity (Wildman–Crippen MR) is 72.7 cm³/mol. The topological polar surface area (TPSA) is 12.4 Å². The minimum Gasteiger partial charge on any atom is -0.271 e.